The van der Waals surface area contributed by atoms with Gasteiger partial charge in [0, 0.05) is 0 Å². The van der Waals surface area contributed by atoms with E-state index in [1.54, 1.807) is 11.3 Å². The van der Waals surface area contributed by atoms with Gasteiger partial charge < -0.3 is 10.3 Å². The molecule has 2 heterocycles. The highest BCUT2D eigenvalue weighted by molar-refractivity contribution is 9.11. The number of nitrogens with two attached hydrogens (primary N) is 1. The Morgan fingerprint density at radius 3 is 2.60 bits per heavy atom. The maximum atomic E-state index is 6.01. The van der Waals surface area contributed by atoms with Crippen LogP contribution in [0.25, 0.3) is 21.8 Å². The van der Waals surface area contributed by atoms with Crippen molar-refractivity contribution in [3.05, 3.63) is 45.2 Å². The molecule has 3 nitrogen and oxygen atoms in total. The SMILES string of the molecule is Cc1ccccc1-c1c(N)noc1-c1cc(C)c(Br)s1. The average Bonchev–Trinajstić information content (AvgIpc) is 2.94. The third-order valence-corrected chi connectivity index (χ3v) is 5.35. The summed E-state index contributed by atoms with van der Waals surface area (Å²) in [5.74, 6) is 1.16. The zero-order valence-corrected chi connectivity index (χ0v) is 13.5. The Balaban J connectivity index is 2.23. The van der Waals surface area contributed by atoms with Crippen LogP contribution < -0.4 is 5.73 Å². The van der Waals surface area contributed by atoms with E-state index in [0.717, 1.165) is 31.1 Å². The van der Waals surface area contributed by atoms with Gasteiger partial charge in [0.15, 0.2) is 11.6 Å². The average molecular weight is 349 g/mol. The number of rotatable bonds is 2. The molecule has 0 saturated carbocycles. The maximum Gasteiger partial charge on any atom is 0.186 e. The molecule has 3 aromatic rings. The number of hydrogen-bond acceptors (Lipinski definition) is 4. The molecule has 0 saturated heterocycles. The van der Waals surface area contributed by atoms with E-state index in [1.165, 1.54) is 5.56 Å². The molecule has 0 radical (unpaired) electrons. The van der Waals surface area contributed by atoms with Crippen LogP contribution in [0.3, 0.4) is 0 Å². The van der Waals surface area contributed by atoms with Crippen LogP contribution in [0.4, 0.5) is 5.82 Å². The number of halogens is 1. The lowest BCUT2D eigenvalue weighted by Gasteiger charge is -2.04. The first-order valence-electron chi connectivity index (χ1n) is 6.15. The predicted molar refractivity (Wildman–Crippen MR) is 86.8 cm³/mol. The molecule has 0 aliphatic heterocycles. The molecule has 2 aromatic heterocycles. The molecule has 3 rings (SSSR count). The number of nitrogen functional groups attached to an aromatic ring is 1. The van der Waals surface area contributed by atoms with Crippen molar-refractivity contribution in [2.24, 2.45) is 0 Å². The third kappa shape index (κ3) is 2.17. The molecule has 2 N–H and O–H groups in total. The van der Waals surface area contributed by atoms with Gasteiger partial charge in [-0.25, -0.2) is 0 Å². The second-order valence-corrected chi connectivity index (χ2v) is 7.02. The molecule has 5 heteroatoms. The lowest BCUT2D eigenvalue weighted by Crippen LogP contribution is -1.90. The van der Waals surface area contributed by atoms with Crippen molar-refractivity contribution in [3.63, 3.8) is 0 Å². The molecule has 0 aliphatic rings. The molecule has 20 heavy (non-hydrogen) atoms. The number of aromatic nitrogens is 1. The number of thiophene rings is 1. The van der Waals surface area contributed by atoms with Crippen LogP contribution in [0, 0.1) is 13.8 Å². The molecule has 0 fully saturated rings. The van der Waals surface area contributed by atoms with Gasteiger partial charge in [-0.3, -0.25) is 0 Å². The monoisotopic (exact) mass is 348 g/mol. The lowest BCUT2D eigenvalue weighted by molar-refractivity contribution is 0.437. The second kappa shape index (κ2) is 5.07. The first kappa shape index (κ1) is 13.4. The van der Waals surface area contributed by atoms with Crippen molar-refractivity contribution in [1.29, 1.82) is 0 Å². The normalized spacial score (nSPS) is 10.9. The van der Waals surface area contributed by atoms with Crippen molar-refractivity contribution in [2.45, 2.75) is 13.8 Å². The van der Waals surface area contributed by atoms with E-state index >= 15 is 0 Å². The third-order valence-electron chi connectivity index (χ3n) is 3.21. The molecule has 102 valence electrons. The zero-order chi connectivity index (χ0) is 14.3. The van der Waals surface area contributed by atoms with Gasteiger partial charge in [0.1, 0.15) is 0 Å². The Morgan fingerprint density at radius 1 is 1.20 bits per heavy atom. The number of benzene rings is 1. The lowest BCUT2D eigenvalue weighted by atomic mass is 10.00. The summed E-state index contributed by atoms with van der Waals surface area (Å²) in [5, 5.41) is 3.94. The molecule has 1 aromatic carbocycles. The van der Waals surface area contributed by atoms with E-state index in [2.05, 4.69) is 47.1 Å². The van der Waals surface area contributed by atoms with Gasteiger partial charge in [-0.05, 0) is 52.5 Å². The van der Waals surface area contributed by atoms with Gasteiger partial charge in [0.2, 0.25) is 0 Å². The predicted octanol–water partition coefficient (Wildman–Crippen LogP) is 5.03. The van der Waals surface area contributed by atoms with Crippen LogP contribution in [0.1, 0.15) is 11.1 Å². The van der Waals surface area contributed by atoms with Crippen molar-refractivity contribution >= 4 is 33.1 Å². The van der Waals surface area contributed by atoms with Crippen molar-refractivity contribution in [1.82, 2.24) is 5.16 Å². The summed E-state index contributed by atoms with van der Waals surface area (Å²) in [6.45, 7) is 4.11. The summed E-state index contributed by atoms with van der Waals surface area (Å²) in [5.41, 5.74) is 10.3. The summed E-state index contributed by atoms with van der Waals surface area (Å²) in [4.78, 5) is 1.02. The Morgan fingerprint density at radius 2 is 1.95 bits per heavy atom. The van der Waals surface area contributed by atoms with Gasteiger partial charge in [-0.15, -0.1) is 11.3 Å². The van der Waals surface area contributed by atoms with Gasteiger partial charge in [0.25, 0.3) is 0 Å². The van der Waals surface area contributed by atoms with Crippen LogP contribution in [-0.2, 0) is 0 Å². The highest BCUT2D eigenvalue weighted by atomic mass is 79.9. The second-order valence-electron chi connectivity index (χ2n) is 4.65. The summed E-state index contributed by atoms with van der Waals surface area (Å²) in [6, 6.07) is 10.2. The Kier molecular flexibility index (Phi) is 3.40. The number of aryl methyl sites for hydroxylation is 2. The van der Waals surface area contributed by atoms with Crippen molar-refractivity contribution in [2.75, 3.05) is 5.73 Å². The molecule has 0 aliphatic carbocycles. The van der Waals surface area contributed by atoms with Gasteiger partial charge >= 0.3 is 0 Å². The van der Waals surface area contributed by atoms with E-state index in [1.807, 2.05) is 18.2 Å². The highest BCUT2D eigenvalue weighted by Crippen LogP contribution is 2.42. The first-order valence-corrected chi connectivity index (χ1v) is 7.76. The summed E-state index contributed by atoms with van der Waals surface area (Å²) in [7, 11) is 0. The first-order chi connectivity index (χ1) is 9.58. The Labute approximate surface area is 129 Å². The summed E-state index contributed by atoms with van der Waals surface area (Å²) in [6.07, 6.45) is 0. The highest BCUT2D eigenvalue weighted by Gasteiger charge is 2.20. The maximum absolute atomic E-state index is 6.01. The van der Waals surface area contributed by atoms with Crippen LogP contribution in [0.5, 0.6) is 0 Å². The van der Waals surface area contributed by atoms with Gasteiger partial charge in [-0.1, -0.05) is 29.4 Å². The van der Waals surface area contributed by atoms with Crippen LogP contribution >= 0.6 is 27.3 Å². The van der Waals surface area contributed by atoms with Crippen LogP contribution in [-0.4, -0.2) is 5.16 Å². The Bertz CT molecular complexity index is 757. The summed E-state index contributed by atoms with van der Waals surface area (Å²) < 4.78 is 6.57. The quantitative estimate of drug-likeness (QED) is 0.706. The molecular formula is C15H13BrN2OS. The number of anilines is 1. The van der Waals surface area contributed by atoms with Gasteiger partial charge in [-0.2, -0.15) is 0 Å². The largest absolute Gasteiger partial charge is 0.380 e. The molecular weight excluding hydrogens is 336 g/mol. The fourth-order valence-electron chi connectivity index (χ4n) is 2.16. The molecule has 0 bridgehead atoms. The fourth-order valence-corrected chi connectivity index (χ4v) is 3.67. The fraction of sp³-hybridized carbons (Fsp3) is 0.133. The van der Waals surface area contributed by atoms with E-state index < -0.39 is 0 Å². The van der Waals surface area contributed by atoms with E-state index in [0.29, 0.717) is 5.82 Å². The van der Waals surface area contributed by atoms with Crippen LogP contribution in [0.2, 0.25) is 0 Å². The van der Waals surface area contributed by atoms with E-state index in [9.17, 15) is 0 Å². The molecule has 0 unspecified atom stereocenters. The zero-order valence-electron chi connectivity index (χ0n) is 11.1. The van der Waals surface area contributed by atoms with Crippen molar-refractivity contribution < 1.29 is 4.52 Å². The number of nitrogens with zero attached hydrogens (tertiary/aromatic N) is 1. The van der Waals surface area contributed by atoms with Gasteiger partial charge in [0.05, 0.1) is 14.2 Å². The molecule has 0 atom stereocenters. The Hall–Kier alpha value is -1.59. The van der Waals surface area contributed by atoms with Crippen molar-refractivity contribution in [3.8, 4) is 21.8 Å². The minimum atomic E-state index is 0.427. The smallest absolute Gasteiger partial charge is 0.186 e. The standard InChI is InChI=1S/C15H13BrN2OS/c1-8-5-3-4-6-10(8)12-13(19-18-15(12)17)11-7-9(2)14(16)20-11/h3-7H,1-2H3,(H2,17,18). The minimum Gasteiger partial charge on any atom is -0.380 e. The van der Waals surface area contributed by atoms with E-state index in [4.69, 9.17) is 10.3 Å². The molecule has 0 spiro atoms. The molecule has 0 amide bonds. The summed E-state index contributed by atoms with van der Waals surface area (Å²) >= 11 is 5.16. The minimum absolute atomic E-state index is 0.427. The number of hydrogen-bond donors (Lipinski definition) is 1. The van der Waals surface area contributed by atoms with E-state index in [-0.39, 0.29) is 0 Å². The van der Waals surface area contributed by atoms with Crippen LogP contribution in [0.15, 0.2) is 38.6 Å². The topological polar surface area (TPSA) is 52.0 Å².